The van der Waals surface area contributed by atoms with Crippen molar-refractivity contribution in [1.29, 1.82) is 0 Å². The Labute approximate surface area is 109 Å². The molecule has 106 valence electrons. The maximum atomic E-state index is 10.1. The van der Waals surface area contributed by atoms with Crippen LogP contribution in [0, 0.1) is 5.41 Å². The van der Waals surface area contributed by atoms with Crippen LogP contribution in [0.3, 0.4) is 0 Å². The SMILES string of the molecule is C=CC(C)(CCC=C(C)C)[C@@H](O)[C@@H](O)[C@H](O)CO. The van der Waals surface area contributed by atoms with Crippen molar-refractivity contribution in [3.05, 3.63) is 24.3 Å². The zero-order chi connectivity index (χ0) is 14.3. The van der Waals surface area contributed by atoms with Crippen LogP contribution < -0.4 is 0 Å². The summed E-state index contributed by atoms with van der Waals surface area (Å²) in [4.78, 5) is 0. The summed E-state index contributed by atoms with van der Waals surface area (Å²) in [5, 5.41) is 38.0. The normalized spacial score (nSPS) is 19.5. The van der Waals surface area contributed by atoms with Gasteiger partial charge in [0.05, 0.1) is 12.7 Å². The van der Waals surface area contributed by atoms with Crippen LogP contribution in [0.15, 0.2) is 24.3 Å². The van der Waals surface area contributed by atoms with E-state index in [4.69, 9.17) is 5.11 Å². The monoisotopic (exact) mass is 258 g/mol. The Morgan fingerprint density at radius 3 is 2.22 bits per heavy atom. The van der Waals surface area contributed by atoms with Crippen LogP contribution in [0.4, 0.5) is 0 Å². The second kappa shape index (κ2) is 7.69. The van der Waals surface area contributed by atoms with Gasteiger partial charge >= 0.3 is 0 Å². The Kier molecular flexibility index (Phi) is 7.40. The van der Waals surface area contributed by atoms with Crippen molar-refractivity contribution < 1.29 is 20.4 Å². The summed E-state index contributed by atoms with van der Waals surface area (Å²) in [7, 11) is 0. The Hall–Kier alpha value is -0.680. The third kappa shape index (κ3) is 4.90. The molecule has 4 heteroatoms. The lowest BCUT2D eigenvalue weighted by Gasteiger charge is -2.35. The first-order valence-corrected chi connectivity index (χ1v) is 6.20. The number of aliphatic hydroxyl groups excluding tert-OH is 4. The topological polar surface area (TPSA) is 80.9 Å². The molecule has 0 aromatic heterocycles. The van der Waals surface area contributed by atoms with Gasteiger partial charge in [0.1, 0.15) is 12.2 Å². The van der Waals surface area contributed by atoms with Gasteiger partial charge in [-0.25, -0.2) is 0 Å². The second-order valence-electron chi connectivity index (χ2n) is 5.22. The molecular weight excluding hydrogens is 232 g/mol. The predicted octanol–water partition coefficient (Wildman–Crippen LogP) is 1.00. The summed E-state index contributed by atoms with van der Waals surface area (Å²) in [6, 6.07) is 0. The van der Waals surface area contributed by atoms with Gasteiger partial charge in [0.25, 0.3) is 0 Å². The van der Waals surface area contributed by atoms with Crippen LogP contribution in [-0.2, 0) is 0 Å². The van der Waals surface area contributed by atoms with Gasteiger partial charge < -0.3 is 20.4 Å². The molecule has 0 fully saturated rings. The minimum atomic E-state index is -1.38. The van der Waals surface area contributed by atoms with Crippen molar-refractivity contribution >= 4 is 0 Å². The molecule has 4 atom stereocenters. The van der Waals surface area contributed by atoms with Crippen molar-refractivity contribution in [2.45, 2.75) is 51.9 Å². The first-order valence-electron chi connectivity index (χ1n) is 6.20. The van der Waals surface area contributed by atoms with Crippen molar-refractivity contribution in [3.63, 3.8) is 0 Å². The Morgan fingerprint density at radius 2 is 1.83 bits per heavy atom. The van der Waals surface area contributed by atoms with Crippen molar-refractivity contribution in [2.24, 2.45) is 5.41 Å². The maximum Gasteiger partial charge on any atom is 0.109 e. The molecule has 0 aromatic rings. The highest BCUT2D eigenvalue weighted by Gasteiger charge is 2.37. The molecule has 0 aliphatic heterocycles. The minimum Gasteiger partial charge on any atom is -0.394 e. The highest BCUT2D eigenvalue weighted by atomic mass is 16.4. The quantitative estimate of drug-likeness (QED) is 0.490. The highest BCUT2D eigenvalue weighted by molar-refractivity contribution is 5.03. The zero-order valence-corrected chi connectivity index (χ0v) is 11.5. The molecule has 0 saturated heterocycles. The van der Waals surface area contributed by atoms with E-state index in [9.17, 15) is 15.3 Å². The average molecular weight is 258 g/mol. The van der Waals surface area contributed by atoms with Crippen molar-refractivity contribution in [2.75, 3.05) is 6.61 Å². The van der Waals surface area contributed by atoms with E-state index in [1.807, 2.05) is 19.9 Å². The molecule has 0 saturated carbocycles. The molecule has 0 amide bonds. The first kappa shape index (κ1) is 17.3. The van der Waals surface area contributed by atoms with E-state index in [0.29, 0.717) is 6.42 Å². The maximum absolute atomic E-state index is 10.1. The fourth-order valence-corrected chi connectivity index (χ4v) is 1.75. The summed E-state index contributed by atoms with van der Waals surface area (Å²) >= 11 is 0. The Bertz CT molecular complexity index is 284. The first-order chi connectivity index (χ1) is 8.28. The molecule has 0 heterocycles. The fourth-order valence-electron chi connectivity index (χ4n) is 1.75. The van der Waals surface area contributed by atoms with Gasteiger partial charge in [0.15, 0.2) is 0 Å². The van der Waals surface area contributed by atoms with Gasteiger partial charge in [-0.15, -0.1) is 6.58 Å². The van der Waals surface area contributed by atoms with E-state index < -0.39 is 30.3 Å². The van der Waals surface area contributed by atoms with Gasteiger partial charge in [-0.1, -0.05) is 24.6 Å². The zero-order valence-electron chi connectivity index (χ0n) is 11.5. The minimum absolute atomic E-state index is 0.584. The molecule has 0 radical (unpaired) electrons. The summed E-state index contributed by atoms with van der Waals surface area (Å²) in [6.45, 7) is 8.86. The highest BCUT2D eigenvalue weighted by Crippen LogP contribution is 2.32. The number of allylic oxidation sites excluding steroid dienone is 2. The van der Waals surface area contributed by atoms with Crippen LogP contribution in [0.1, 0.15) is 33.6 Å². The van der Waals surface area contributed by atoms with E-state index in [0.717, 1.165) is 6.42 Å². The van der Waals surface area contributed by atoms with Crippen LogP contribution in [-0.4, -0.2) is 45.3 Å². The van der Waals surface area contributed by atoms with Crippen LogP contribution >= 0.6 is 0 Å². The lowest BCUT2D eigenvalue weighted by atomic mass is 9.76. The third-order valence-corrected chi connectivity index (χ3v) is 3.28. The van der Waals surface area contributed by atoms with E-state index in [-0.39, 0.29) is 0 Å². The summed E-state index contributed by atoms with van der Waals surface area (Å²) in [5.74, 6) is 0. The van der Waals surface area contributed by atoms with Gasteiger partial charge in [-0.2, -0.15) is 0 Å². The molecule has 1 unspecified atom stereocenters. The largest absolute Gasteiger partial charge is 0.394 e. The molecule has 0 bridgehead atoms. The smallest absolute Gasteiger partial charge is 0.109 e. The van der Waals surface area contributed by atoms with Crippen LogP contribution in [0.25, 0.3) is 0 Å². The van der Waals surface area contributed by atoms with Gasteiger partial charge in [0, 0.05) is 5.41 Å². The lowest BCUT2D eigenvalue weighted by Crippen LogP contribution is -2.47. The van der Waals surface area contributed by atoms with E-state index in [2.05, 4.69) is 6.58 Å². The third-order valence-electron chi connectivity index (χ3n) is 3.28. The number of hydrogen-bond donors (Lipinski definition) is 4. The molecule has 0 rings (SSSR count). The van der Waals surface area contributed by atoms with Gasteiger partial charge in [0.2, 0.25) is 0 Å². The Morgan fingerprint density at radius 1 is 1.28 bits per heavy atom. The van der Waals surface area contributed by atoms with E-state index >= 15 is 0 Å². The second-order valence-corrected chi connectivity index (χ2v) is 5.22. The van der Waals surface area contributed by atoms with E-state index in [1.165, 1.54) is 5.57 Å². The summed E-state index contributed by atoms with van der Waals surface area (Å²) in [5.41, 5.74) is 0.480. The lowest BCUT2D eigenvalue weighted by molar-refractivity contribution is -0.108. The van der Waals surface area contributed by atoms with Crippen LogP contribution in [0.5, 0.6) is 0 Å². The van der Waals surface area contributed by atoms with Crippen LogP contribution in [0.2, 0.25) is 0 Å². The Balaban J connectivity index is 4.71. The van der Waals surface area contributed by atoms with Gasteiger partial charge in [-0.05, 0) is 26.7 Å². The molecule has 0 aliphatic carbocycles. The molecule has 4 nitrogen and oxygen atoms in total. The molecule has 0 spiro atoms. The predicted molar refractivity (Wildman–Crippen MR) is 72.1 cm³/mol. The van der Waals surface area contributed by atoms with Gasteiger partial charge in [-0.3, -0.25) is 0 Å². The van der Waals surface area contributed by atoms with E-state index in [1.54, 1.807) is 13.0 Å². The molecule has 18 heavy (non-hydrogen) atoms. The molecule has 0 aliphatic rings. The fraction of sp³-hybridized carbons (Fsp3) is 0.714. The molecule has 0 aromatic carbocycles. The van der Waals surface area contributed by atoms with Crippen molar-refractivity contribution in [1.82, 2.24) is 0 Å². The average Bonchev–Trinajstić information content (AvgIpc) is 2.35. The van der Waals surface area contributed by atoms with Crippen molar-refractivity contribution in [3.8, 4) is 0 Å². The molecule has 4 N–H and O–H groups in total. The number of hydrogen-bond acceptors (Lipinski definition) is 4. The number of aliphatic hydroxyl groups is 4. The number of rotatable bonds is 8. The summed E-state index contributed by atoms with van der Waals surface area (Å²) < 4.78 is 0. The standard InChI is InChI=1S/C14H26O4/c1-5-14(4,8-6-7-10(2)3)13(18)12(17)11(16)9-15/h5,7,11-13,15-18H,1,6,8-9H2,2-4H3/t11-,12+,13+,14?/m1/s1. The molecular formula is C14H26O4. The summed E-state index contributed by atoms with van der Waals surface area (Å²) in [6.07, 6.45) is 1.10.